The van der Waals surface area contributed by atoms with Crippen LogP contribution in [0.15, 0.2) is 0 Å². The molecule has 0 fully saturated rings. The fourth-order valence-electron chi connectivity index (χ4n) is 0.607. The van der Waals surface area contributed by atoms with Crippen molar-refractivity contribution < 1.29 is 47.3 Å². The van der Waals surface area contributed by atoms with Crippen LogP contribution in [0.2, 0.25) is 0 Å². The molecule has 0 saturated heterocycles. The molecule has 0 amide bonds. The molecule has 0 heterocycles. The maximum Gasteiger partial charge on any atom is 0.0663 e. The molecule has 0 spiro atoms. The normalized spacial score (nSPS) is 8.70. The minimum atomic E-state index is -0.899. The van der Waals surface area contributed by atoms with Crippen molar-refractivity contribution in [3.05, 3.63) is 6.92 Å². The van der Waals surface area contributed by atoms with Gasteiger partial charge in [0.2, 0.25) is 0 Å². The molecule has 0 bridgehead atoms. The number of rotatable bonds is 5. The smallest absolute Gasteiger partial charge is 0.0663 e. The topological polar surface area (TPSA) is 127 Å². The van der Waals surface area contributed by atoms with E-state index in [0.717, 1.165) is 6.42 Å². The van der Waals surface area contributed by atoms with E-state index in [1.807, 2.05) is 0 Å². The van der Waals surface area contributed by atoms with Gasteiger partial charge in [-0.05, 0) is 40.2 Å². The van der Waals surface area contributed by atoms with E-state index in [4.69, 9.17) is 26.2 Å². The molecule has 0 radical (unpaired) electrons. The summed E-state index contributed by atoms with van der Waals surface area (Å²) in [5, 5.41) is 41.1. The summed E-state index contributed by atoms with van der Waals surface area (Å²) in [6.45, 7) is 9.58. The first-order chi connectivity index (χ1) is 8.86. The number of aliphatic hydroxyl groups is 5. The molecule has 0 unspecified atom stereocenters. The van der Waals surface area contributed by atoms with E-state index in [2.05, 4.69) is 6.92 Å². The molecular formula is C13H34NO5Ti-. The van der Waals surface area contributed by atoms with Gasteiger partial charge >= 0.3 is 0 Å². The minimum absolute atomic E-state index is 0. The quantitative estimate of drug-likeness (QED) is 0.302. The van der Waals surface area contributed by atoms with Crippen LogP contribution in [0.25, 0.3) is 0 Å². The molecule has 0 aromatic heterocycles. The molecule has 0 aliphatic rings. The molecule has 6 nitrogen and oxygen atoms in total. The zero-order valence-electron chi connectivity index (χ0n) is 13.2. The van der Waals surface area contributed by atoms with E-state index in [-0.39, 0.29) is 48.1 Å². The zero-order chi connectivity index (χ0) is 16.2. The van der Waals surface area contributed by atoms with Gasteiger partial charge in [0.05, 0.1) is 5.60 Å². The van der Waals surface area contributed by atoms with E-state index < -0.39 is 5.60 Å². The van der Waals surface area contributed by atoms with Crippen LogP contribution < -0.4 is 5.73 Å². The summed E-state index contributed by atoms with van der Waals surface area (Å²) >= 11 is 0. The molecule has 20 heavy (non-hydrogen) atoms. The fraction of sp³-hybridized carbons (Fsp3) is 0.923. The summed E-state index contributed by atoms with van der Waals surface area (Å²) in [7, 11) is 0. The second-order valence-electron chi connectivity index (χ2n) is 3.72. The summed E-state index contributed by atoms with van der Waals surface area (Å²) in [5.74, 6) is 0. The van der Waals surface area contributed by atoms with Crippen LogP contribution >= 0.6 is 0 Å². The van der Waals surface area contributed by atoms with Gasteiger partial charge in [0.25, 0.3) is 0 Å². The average molecular weight is 332 g/mol. The molecule has 0 aliphatic carbocycles. The van der Waals surface area contributed by atoms with Gasteiger partial charge in [-0.1, -0.05) is 0 Å². The molecular weight excluding hydrogens is 298 g/mol. The molecule has 0 saturated carbocycles. The van der Waals surface area contributed by atoms with Gasteiger partial charge in [-0.25, -0.2) is 0 Å². The Bertz CT molecular complexity index is 117. The molecule has 126 valence electrons. The summed E-state index contributed by atoms with van der Waals surface area (Å²) in [4.78, 5) is 0. The summed E-state index contributed by atoms with van der Waals surface area (Å²) in [5.41, 5.74) is 4.07. The van der Waals surface area contributed by atoms with Crippen LogP contribution in [0.3, 0.4) is 0 Å². The molecule has 7 heteroatoms. The SMILES string of the molecule is CC(O)(CCO)CCO.CCO.CCO.[CH2-]CCN.[Ti]. The Morgan fingerprint density at radius 1 is 0.950 bits per heavy atom. The molecule has 7 N–H and O–H groups in total. The first-order valence-electron chi connectivity index (χ1n) is 6.52. The second kappa shape index (κ2) is 31.7. The van der Waals surface area contributed by atoms with E-state index in [1.165, 1.54) is 0 Å². The Morgan fingerprint density at radius 3 is 1.25 bits per heavy atom. The third-order valence-electron chi connectivity index (χ3n) is 1.50. The average Bonchev–Trinajstić information content (AvgIpc) is 2.31. The van der Waals surface area contributed by atoms with Gasteiger partial charge < -0.3 is 38.2 Å². The standard InChI is InChI=1S/C6H14O3.C3H8N.2C2H6O.Ti/c1-6(9,2-4-7)3-5-8;1-2-3-4;2*1-2-3;/h7-9H,2-5H2,1H3;1-4H2;2*3H,2H2,1H3;/q;-1;;;. The Kier molecular flexibility index (Phi) is 51.4. The fourth-order valence-corrected chi connectivity index (χ4v) is 0.607. The molecule has 0 rings (SSSR count). The number of hydrogen-bond acceptors (Lipinski definition) is 6. The van der Waals surface area contributed by atoms with Crippen molar-refractivity contribution >= 4 is 0 Å². The van der Waals surface area contributed by atoms with Crippen molar-refractivity contribution in [1.82, 2.24) is 0 Å². The third-order valence-corrected chi connectivity index (χ3v) is 1.50. The van der Waals surface area contributed by atoms with Crippen molar-refractivity contribution in [3.8, 4) is 0 Å². The van der Waals surface area contributed by atoms with E-state index in [1.54, 1.807) is 20.8 Å². The van der Waals surface area contributed by atoms with Crippen LogP contribution in [0.5, 0.6) is 0 Å². The van der Waals surface area contributed by atoms with Crippen molar-refractivity contribution in [1.29, 1.82) is 0 Å². The predicted molar refractivity (Wildman–Crippen MR) is 78.6 cm³/mol. The Morgan fingerprint density at radius 2 is 1.15 bits per heavy atom. The Balaban J connectivity index is -0.0000000575. The summed E-state index contributed by atoms with van der Waals surface area (Å²) in [6, 6.07) is 0. The molecule has 0 aromatic carbocycles. The summed E-state index contributed by atoms with van der Waals surface area (Å²) in [6.07, 6.45) is 1.50. The van der Waals surface area contributed by atoms with Gasteiger partial charge in [0.15, 0.2) is 0 Å². The van der Waals surface area contributed by atoms with E-state index >= 15 is 0 Å². The second-order valence-corrected chi connectivity index (χ2v) is 3.72. The number of hydrogen-bond donors (Lipinski definition) is 6. The van der Waals surface area contributed by atoms with Gasteiger partial charge in [0.1, 0.15) is 0 Å². The van der Waals surface area contributed by atoms with Crippen LogP contribution in [-0.2, 0) is 21.7 Å². The molecule has 0 aliphatic heterocycles. The maximum absolute atomic E-state index is 9.19. The summed E-state index contributed by atoms with van der Waals surface area (Å²) < 4.78 is 0. The van der Waals surface area contributed by atoms with Gasteiger partial charge in [0, 0.05) is 48.1 Å². The molecule has 0 aromatic rings. The van der Waals surface area contributed by atoms with Gasteiger partial charge in [-0.15, -0.1) is 0 Å². The van der Waals surface area contributed by atoms with Crippen LogP contribution in [-0.4, -0.2) is 64.1 Å². The number of nitrogens with two attached hydrogens (primary N) is 1. The van der Waals surface area contributed by atoms with Crippen molar-refractivity contribution in [3.63, 3.8) is 0 Å². The first-order valence-corrected chi connectivity index (χ1v) is 6.52. The maximum atomic E-state index is 9.19. The molecule has 0 atom stereocenters. The predicted octanol–water partition coefficient (Wildman–Crippen LogP) is -0.334. The number of aliphatic hydroxyl groups excluding tert-OH is 4. The Hall–Kier alpha value is 0.474. The minimum Gasteiger partial charge on any atom is -0.397 e. The third kappa shape index (κ3) is 62.8. The van der Waals surface area contributed by atoms with Crippen LogP contribution in [0.4, 0.5) is 0 Å². The zero-order valence-corrected chi connectivity index (χ0v) is 14.7. The van der Waals surface area contributed by atoms with E-state index in [0.29, 0.717) is 19.4 Å². The van der Waals surface area contributed by atoms with Crippen molar-refractivity contribution in [2.24, 2.45) is 5.73 Å². The van der Waals surface area contributed by atoms with Crippen LogP contribution in [0.1, 0.15) is 40.0 Å². The van der Waals surface area contributed by atoms with Crippen LogP contribution in [0, 0.1) is 6.92 Å². The van der Waals surface area contributed by atoms with Crippen molar-refractivity contribution in [2.75, 3.05) is 33.0 Å². The first kappa shape index (κ1) is 32.4. The van der Waals surface area contributed by atoms with Gasteiger partial charge in [-0.3, -0.25) is 0 Å². The Labute approximate surface area is 138 Å². The monoisotopic (exact) mass is 332 g/mol. The van der Waals surface area contributed by atoms with Crippen molar-refractivity contribution in [2.45, 2.75) is 45.6 Å². The van der Waals surface area contributed by atoms with Gasteiger partial charge in [-0.2, -0.15) is 6.42 Å². The largest absolute Gasteiger partial charge is 0.397 e. The van der Waals surface area contributed by atoms with E-state index in [9.17, 15) is 5.11 Å².